The first kappa shape index (κ1) is 22.4. The average molecular weight is 484 g/mol. The molecule has 0 spiro atoms. The molecule has 0 aliphatic carbocycles. The van der Waals surface area contributed by atoms with Crippen molar-refractivity contribution < 1.29 is 14.3 Å². The van der Waals surface area contributed by atoms with Crippen LogP contribution < -0.4 is 14.5 Å². The molecule has 0 saturated heterocycles. The van der Waals surface area contributed by atoms with Crippen molar-refractivity contribution in [2.75, 3.05) is 12.1 Å². The molecule has 1 atom stereocenters. The van der Waals surface area contributed by atoms with Gasteiger partial charge < -0.3 is 9.47 Å². The van der Waals surface area contributed by atoms with Gasteiger partial charge in [-0.3, -0.25) is 4.79 Å². The van der Waals surface area contributed by atoms with Crippen molar-refractivity contribution in [3.8, 4) is 28.5 Å². The SMILES string of the molecule is COc1ccc(-c2csc(N3N=C(C)[C@@H](N=Nc4ccc(Oc5ccccc5)cc4)C3=O)n2)cc1. The molecule has 5 rings (SSSR count). The van der Waals surface area contributed by atoms with Crippen LogP contribution in [-0.2, 0) is 4.79 Å². The number of anilines is 1. The summed E-state index contributed by atoms with van der Waals surface area (Å²) in [5, 5.41) is 16.6. The number of thiazole rings is 1. The normalized spacial score (nSPS) is 15.5. The molecule has 3 aromatic carbocycles. The monoisotopic (exact) mass is 483 g/mol. The third-order valence-electron chi connectivity index (χ3n) is 5.26. The van der Waals surface area contributed by atoms with Crippen LogP contribution >= 0.6 is 11.3 Å². The fourth-order valence-corrected chi connectivity index (χ4v) is 4.20. The number of nitrogens with zero attached hydrogens (tertiary/aromatic N) is 5. The summed E-state index contributed by atoms with van der Waals surface area (Å²) in [5.74, 6) is 1.92. The zero-order chi connectivity index (χ0) is 24.2. The number of methoxy groups -OCH3 is 1. The summed E-state index contributed by atoms with van der Waals surface area (Å²) in [6, 6.07) is 23.5. The summed E-state index contributed by atoms with van der Waals surface area (Å²) in [7, 11) is 1.62. The van der Waals surface area contributed by atoms with Gasteiger partial charge in [-0.2, -0.15) is 20.3 Å². The van der Waals surface area contributed by atoms with Gasteiger partial charge in [-0.1, -0.05) is 18.2 Å². The van der Waals surface area contributed by atoms with Gasteiger partial charge >= 0.3 is 0 Å². The number of aromatic nitrogens is 1. The Bertz CT molecular complexity index is 1380. The molecule has 0 bridgehead atoms. The Morgan fingerprint density at radius 3 is 2.31 bits per heavy atom. The minimum absolute atomic E-state index is 0.286. The average Bonchev–Trinajstić information content (AvgIpc) is 3.49. The van der Waals surface area contributed by atoms with E-state index in [0.29, 0.717) is 22.3 Å². The van der Waals surface area contributed by atoms with E-state index in [1.54, 1.807) is 38.3 Å². The van der Waals surface area contributed by atoms with E-state index in [0.717, 1.165) is 22.8 Å². The number of para-hydroxylation sites is 1. The molecule has 8 nitrogen and oxygen atoms in total. The highest BCUT2D eigenvalue weighted by Gasteiger charge is 2.36. The first-order valence-corrected chi connectivity index (χ1v) is 11.7. The molecule has 1 aliphatic heterocycles. The summed E-state index contributed by atoms with van der Waals surface area (Å²) in [6.07, 6.45) is 0. The molecule has 0 fully saturated rings. The standard InChI is InChI=1S/C26H21N5O3S/c1-17-24(29-28-19-10-14-22(15-11-19)34-21-6-4-3-5-7-21)25(32)31(30-17)26-27-23(16-35-26)18-8-12-20(33-2)13-9-18/h3-16,24H,1-2H3/t24-/m1/s1. The van der Waals surface area contributed by atoms with Gasteiger partial charge in [0.1, 0.15) is 17.2 Å². The summed E-state index contributed by atoms with van der Waals surface area (Å²) in [5.41, 5.74) is 2.86. The predicted molar refractivity (Wildman–Crippen MR) is 136 cm³/mol. The largest absolute Gasteiger partial charge is 0.497 e. The van der Waals surface area contributed by atoms with Crippen molar-refractivity contribution in [1.29, 1.82) is 0 Å². The van der Waals surface area contributed by atoms with Crippen LogP contribution in [-0.4, -0.2) is 29.8 Å². The lowest BCUT2D eigenvalue weighted by molar-refractivity contribution is -0.117. The van der Waals surface area contributed by atoms with Gasteiger partial charge in [0.15, 0.2) is 6.04 Å². The zero-order valence-corrected chi connectivity index (χ0v) is 19.8. The Kier molecular flexibility index (Phi) is 6.32. The quantitative estimate of drug-likeness (QED) is 0.281. The molecule has 174 valence electrons. The van der Waals surface area contributed by atoms with E-state index < -0.39 is 6.04 Å². The van der Waals surface area contributed by atoms with E-state index in [2.05, 4.69) is 20.3 Å². The summed E-state index contributed by atoms with van der Waals surface area (Å²) in [4.78, 5) is 17.6. The molecule has 1 aliphatic rings. The molecule has 9 heteroatoms. The number of ether oxygens (including phenoxy) is 2. The van der Waals surface area contributed by atoms with Gasteiger partial charge in [-0.25, -0.2) is 4.98 Å². The molecule has 4 aromatic rings. The Hall–Kier alpha value is -4.37. The van der Waals surface area contributed by atoms with Crippen LogP contribution in [0.5, 0.6) is 17.2 Å². The van der Waals surface area contributed by atoms with Crippen molar-refractivity contribution in [2.24, 2.45) is 15.3 Å². The maximum Gasteiger partial charge on any atom is 0.282 e. The maximum absolute atomic E-state index is 13.0. The van der Waals surface area contributed by atoms with Gasteiger partial charge in [-0.05, 0) is 67.6 Å². The van der Waals surface area contributed by atoms with Gasteiger partial charge in [0.2, 0.25) is 5.13 Å². The summed E-state index contributed by atoms with van der Waals surface area (Å²) >= 11 is 1.35. The topological polar surface area (TPSA) is 88.7 Å². The second kappa shape index (κ2) is 9.86. The number of hydrogen-bond acceptors (Lipinski definition) is 8. The van der Waals surface area contributed by atoms with Gasteiger partial charge in [0.25, 0.3) is 5.91 Å². The second-order valence-corrected chi connectivity index (χ2v) is 8.50. The molecular formula is C26H21N5O3S. The van der Waals surface area contributed by atoms with E-state index in [4.69, 9.17) is 9.47 Å². The Labute approximate surface area is 206 Å². The molecular weight excluding hydrogens is 462 g/mol. The number of hydrazone groups is 1. The highest BCUT2D eigenvalue weighted by Crippen LogP contribution is 2.31. The fourth-order valence-electron chi connectivity index (χ4n) is 3.41. The van der Waals surface area contributed by atoms with Crippen molar-refractivity contribution in [3.63, 3.8) is 0 Å². The molecule has 0 radical (unpaired) electrons. The number of hydrogen-bond donors (Lipinski definition) is 0. The number of rotatable bonds is 7. The Balaban J connectivity index is 1.26. The fraction of sp³-hybridized carbons (Fsp3) is 0.115. The number of carbonyl (C=O) groups excluding carboxylic acids is 1. The molecule has 35 heavy (non-hydrogen) atoms. The molecule has 0 N–H and O–H groups in total. The van der Waals surface area contributed by atoms with Crippen molar-refractivity contribution in [2.45, 2.75) is 13.0 Å². The molecule has 0 unspecified atom stereocenters. The predicted octanol–water partition coefficient (Wildman–Crippen LogP) is 6.49. The van der Waals surface area contributed by atoms with Crippen LogP contribution in [0.3, 0.4) is 0 Å². The van der Waals surface area contributed by atoms with E-state index in [-0.39, 0.29) is 5.91 Å². The number of azo groups is 1. The lowest BCUT2D eigenvalue weighted by Gasteiger charge is -2.08. The van der Waals surface area contributed by atoms with E-state index in [9.17, 15) is 4.79 Å². The third kappa shape index (κ3) is 4.95. The molecule has 0 saturated carbocycles. The minimum atomic E-state index is -0.788. The van der Waals surface area contributed by atoms with Crippen LogP contribution in [0.2, 0.25) is 0 Å². The van der Waals surface area contributed by atoms with Crippen LogP contribution in [0.4, 0.5) is 10.8 Å². The molecule has 2 heterocycles. The van der Waals surface area contributed by atoms with E-state index in [1.165, 1.54) is 16.3 Å². The zero-order valence-electron chi connectivity index (χ0n) is 19.0. The van der Waals surface area contributed by atoms with Crippen LogP contribution in [0.15, 0.2) is 99.6 Å². The number of carbonyl (C=O) groups is 1. The highest BCUT2D eigenvalue weighted by molar-refractivity contribution is 7.14. The van der Waals surface area contributed by atoms with Gasteiger partial charge in [0.05, 0.1) is 24.2 Å². The maximum atomic E-state index is 13.0. The van der Waals surface area contributed by atoms with Crippen molar-refractivity contribution in [1.82, 2.24) is 4.98 Å². The van der Waals surface area contributed by atoms with E-state index in [1.807, 2.05) is 60.0 Å². The van der Waals surface area contributed by atoms with Crippen LogP contribution in [0, 0.1) is 0 Å². The third-order valence-corrected chi connectivity index (χ3v) is 6.08. The number of amides is 1. The number of benzene rings is 3. The van der Waals surface area contributed by atoms with Crippen molar-refractivity contribution >= 4 is 33.8 Å². The second-order valence-electron chi connectivity index (χ2n) is 7.66. The molecule has 1 aromatic heterocycles. The Morgan fingerprint density at radius 1 is 0.914 bits per heavy atom. The summed E-state index contributed by atoms with van der Waals surface area (Å²) in [6.45, 7) is 1.76. The summed E-state index contributed by atoms with van der Waals surface area (Å²) < 4.78 is 11.0. The Morgan fingerprint density at radius 2 is 1.60 bits per heavy atom. The van der Waals surface area contributed by atoms with Gasteiger partial charge in [0, 0.05) is 10.9 Å². The van der Waals surface area contributed by atoms with Gasteiger partial charge in [-0.15, -0.1) is 11.3 Å². The molecule has 1 amide bonds. The van der Waals surface area contributed by atoms with Crippen molar-refractivity contribution in [3.05, 3.63) is 84.2 Å². The smallest absolute Gasteiger partial charge is 0.282 e. The highest BCUT2D eigenvalue weighted by atomic mass is 32.1. The lowest BCUT2D eigenvalue weighted by Crippen LogP contribution is -2.29. The first-order valence-electron chi connectivity index (χ1n) is 10.8. The van der Waals surface area contributed by atoms with E-state index >= 15 is 0 Å². The first-order chi connectivity index (χ1) is 17.1. The lowest BCUT2D eigenvalue weighted by atomic mass is 10.2. The van der Waals surface area contributed by atoms with Crippen LogP contribution in [0.1, 0.15) is 6.92 Å². The van der Waals surface area contributed by atoms with Crippen LogP contribution in [0.25, 0.3) is 11.3 Å². The minimum Gasteiger partial charge on any atom is -0.497 e.